The predicted octanol–water partition coefficient (Wildman–Crippen LogP) is 1.61. The van der Waals surface area contributed by atoms with Gasteiger partial charge in [0.15, 0.2) is 0 Å². The van der Waals surface area contributed by atoms with Gasteiger partial charge in [-0.1, -0.05) is 13.8 Å². The minimum absolute atomic E-state index is 0.292. The van der Waals surface area contributed by atoms with Gasteiger partial charge in [0, 0.05) is 13.6 Å². The first-order chi connectivity index (χ1) is 9.84. The van der Waals surface area contributed by atoms with E-state index >= 15 is 0 Å². The number of urea groups is 1. The molecule has 1 saturated heterocycles. The number of nitrogens with one attached hydrogen (secondary N) is 1. The van der Waals surface area contributed by atoms with Crippen molar-refractivity contribution < 1.29 is 14.7 Å². The van der Waals surface area contributed by atoms with Gasteiger partial charge in [0.25, 0.3) is 0 Å². The number of hydrogen-bond acceptors (Lipinski definition) is 3. The number of hydrogen-bond donors (Lipinski definition) is 2. The van der Waals surface area contributed by atoms with Crippen molar-refractivity contribution in [2.45, 2.75) is 45.1 Å². The predicted molar refractivity (Wildman–Crippen MR) is 82.3 cm³/mol. The Hall–Kier alpha value is -1.30. The molecule has 0 aromatic heterocycles. The van der Waals surface area contributed by atoms with Crippen LogP contribution < -0.4 is 5.32 Å². The Kier molecular flexibility index (Phi) is 6.45. The standard InChI is InChI=1S/C15H29N3O3/c1-5-15(6-2,13(19)20)16-14(21)18(4)11-12-7-9-17(3)10-8-12/h12H,5-11H2,1-4H3,(H,16,21)(H,19,20). The monoisotopic (exact) mass is 299 g/mol. The van der Waals surface area contributed by atoms with Gasteiger partial charge < -0.3 is 20.2 Å². The Morgan fingerprint density at radius 2 is 1.81 bits per heavy atom. The minimum Gasteiger partial charge on any atom is -0.480 e. The molecule has 0 radical (unpaired) electrons. The summed E-state index contributed by atoms with van der Waals surface area (Å²) >= 11 is 0. The van der Waals surface area contributed by atoms with Crippen molar-refractivity contribution in [3.63, 3.8) is 0 Å². The molecule has 1 heterocycles. The molecular formula is C15H29N3O3. The number of aliphatic carboxylic acids is 1. The van der Waals surface area contributed by atoms with Crippen molar-refractivity contribution in [1.82, 2.24) is 15.1 Å². The number of piperidine rings is 1. The highest BCUT2D eigenvalue weighted by molar-refractivity contribution is 5.86. The smallest absolute Gasteiger partial charge is 0.329 e. The third-order valence-electron chi connectivity index (χ3n) is 4.68. The fraction of sp³-hybridized carbons (Fsp3) is 0.867. The molecule has 0 aliphatic carbocycles. The summed E-state index contributed by atoms with van der Waals surface area (Å²) in [5.74, 6) is -0.465. The molecule has 1 rings (SSSR count). The van der Waals surface area contributed by atoms with E-state index in [9.17, 15) is 14.7 Å². The van der Waals surface area contributed by atoms with E-state index in [-0.39, 0.29) is 6.03 Å². The zero-order chi connectivity index (χ0) is 16.0. The summed E-state index contributed by atoms with van der Waals surface area (Å²) in [7, 11) is 3.85. The molecule has 6 heteroatoms. The fourth-order valence-corrected chi connectivity index (χ4v) is 2.80. The maximum Gasteiger partial charge on any atom is 0.329 e. The topological polar surface area (TPSA) is 72.9 Å². The number of carbonyl (C=O) groups is 2. The van der Waals surface area contributed by atoms with Gasteiger partial charge in [-0.15, -0.1) is 0 Å². The average Bonchev–Trinajstić information content (AvgIpc) is 2.46. The van der Waals surface area contributed by atoms with Crippen LogP contribution in [0.2, 0.25) is 0 Å². The van der Waals surface area contributed by atoms with Crippen molar-refractivity contribution in [3.05, 3.63) is 0 Å². The molecule has 1 fully saturated rings. The van der Waals surface area contributed by atoms with Crippen LogP contribution in [0.4, 0.5) is 4.79 Å². The largest absolute Gasteiger partial charge is 0.480 e. The fourth-order valence-electron chi connectivity index (χ4n) is 2.80. The first-order valence-corrected chi connectivity index (χ1v) is 7.79. The van der Waals surface area contributed by atoms with Crippen molar-refractivity contribution in [3.8, 4) is 0 Å². The third kappa shape index (κ3) is 4.59. The third-order valence-corrected chi connectivity index (χ3v) is 4.68. The number of likely N-dealkylation sites (tertiary alicyclic amines) is 1. The zero-order valence-electron chi connectivity index (χ0n) is 13.7. The first kappa shape index (κ1) is 17.8. The van der Waals surface area contributed by atoms with Crippen molar-refractivity contribution >= 4 is 12.0 Å². The van der Waals surface area contributed by atoms with Gasteiger partial charge in [0.05, 0.1) is 0 Å². The lowest BCUT2D eigenvalue weighted by Crippen LogP contribution is -2.57. The van der Waals surface area contributed by atoms with E-state index in [0.717, 1.165) is 25.9 Å². The molecule has 0 aromatic rings. The maximum atomic E-state index is 12.3. The Morgan fingerprint density at radius 3 is 2.24 bits per heavy atom. The van der Waals surface area contributed by atoms with Crippen molar-refractivity contribution in [2.75, 3.05) is 33.7 Å². The van der Waals surface area contributed by atoms with Crippen LogP contribution in [0.3, 0.4) is 0 Å². The van der Waals surface area contributed by atoms with Gasteiger partial charge in [-0.3, -0.25) is 0 Å². The van der Waals surface area contributed by atoms with E-state index in [0.29, 0.717) is 25.3 Å². The van der Waals surface area contributed by atoms with Crippen molar-refractivity contribution in [1.29, 1.82) is 0 Å². The molecule has 6 nitrogen and oxygen atoms in total. The summed E-state index contributed by atoms with van der Waals surface area (Å²) in [6.45, 7) is 6.37. The van der Waals surface area contributed by atoms with E-state index in [4.69, 9.17) is 0 Å². The maximum absolute atomic E-state index is 12.3. The van der Waals surface area contributed by atoms with E-state index in [1.54, 1.807) is 25.8 Å². The lowest BCUT2D eigenvalue weighted by molar-refractivity contribution is -0.144. The number of carboxylic acids is 1. The number of rotatable bonds is 6. The van der Waals surface area contributed by atoms with Crippen LogP contribution in [-0.2, 0) is 4.79 Å². The molecule has 0 aromatic carbocycles. The molecule has 21 heavy (non-hydrogen) atoms. The molecule has 0 unspecified atom stereocenters. The molecule has 2 amide bonds. The molecule has 0 saturated carbocycles. The summed E-state index contributed by atoms with van der Waals surface area (Å²) in [5, 5.41) is 12.1. The lowest BCUT2D eigenvalue weighted by atomic mass is 9.93. The molecule has 2 N–H and O–H groups in total. The van der Waals surface area contributed by atoms with Crippen LogP contribution >= 0.6 is 0 Å². The van der Waals surface area contributed by atoms with Crippen LogP contribution in [0.25, 0.3) is 0 Å². The summed E-state index contributed by atoms with van der Waals surface area (Å²) in [4.78, 5) is 27.6. The van der Waals surface area contributed by atoms with Crippen LogP contribution in [0.15, 0.2) is 0 Å². The summed E-state index contributed by atoms with van der Waals surface area (Å²) in [5.41, 5.74) is -1.15. The summed E-state index contributed by atoms with van der Waals surface area (Å²) in [6, 6.07) is -0.292. The van der Waals surface area contributed by atoms with Crippen LogP contribution in [0.5, 0.6) is 0 Å². The summed E-state index contributed by atoms with van der Waals surface area (Å²) in [6.07, 6.45) is 2.93. The summed E-state index contributed by atoms with van der Waals surface area (Å²) < 4.78 is 0. The quantitative estimate of drug-likeness (QED) is 0.781. The van der Waals surface area contributed by atoms with Gasteiger partial charge in [-0.05, 0) is 51.7 Å². The van der Waals surface area contributed by atoms with Gasteiger partial charge in [0.2, 0.25) is 0 Å². The molecule has 0 bridgehead atoms. The first-order valence-electron chi connectivity index (χ1n) is 7.79. The number of carbonyl (C=O) groups excluding carboxylic acids is 1. The molecule has 0 atom stereocenters. The molecule has 0 spiro atoms. The van der Waals surface area contributed by atoms with E-state index < -0.39 is 11.5 Å². The Labute approximate surface area is 127 Å². The van der Waals surface area contributed by atoms with Crippen LogP contribution in [-0.4, -0.2) is 66.2 Å². The van der Waals surface area contributed by atoms with Gasteiger partial charge in [-0.2, -0.15) is 0 Å². The SMILES string of the molecule is CCC(CC)(NC(=O)N(C)CC1CCN(C)CC1)C(=O)O. The Morgan fingerprint density at radius 1 is 1.29 bits per heavy atom. The second-order valence-electron chi connectivity index (χ2n) is 6.15. The Bertz CT molecular complexity index is 361. The van der Waals surface area contributed by atoms with Gasteiger partial charge in [0.1, 0.15) is 5.54 Å². The van der Waals surface area contributed by atoms with Crippen LogP contribution in [0, 0.1) is 5.92 Å². The van der Waals surface area contributed by atoms with Crippen LogP contribution in [0.1, 0.15) is 39.5 Å². The molecule has 1 aliphatic rings. The zero-order valence-corrected chi connectivity index (χ0v) is 13.7. The lowest BCUT2D eigenvalue weighted by Gasteiger charge is -2.34. The normalized spacial score (nSPS) is 17.5. The van der Waals surface area contributed by atoms with E-state index in [1.165, 1.54) is 0 Å². The number of carboxylic acid groups (broad SMARTS) is 1. The number of amides is 2. The van der Waals surface area contributed by atoms with Crippen molar-refractivity contribution in [2.24, 2.45) is 5.92 Å². The minimum atomic E-state index is -1.15. The van der Waals surface area contributed by atoms with Gasteiger partial charge in [-0.25, -0.2) is 9.59 Å². The second kappa shape index (κ2) is 7.64. The highest BCUT2D eigenvalue weighted by atomic mass is 16.4. The van der Waals surface area contributed by atoms with E-state index in [2.05, 4.69) is 17.3 Å². The highest BCUT2D eigenvalue weighted by Gasteiger charge is 2.37. The average molecular weight is 299 g/mol. The van der Waals surface area contributed by atoms with Gasteiger partial charge >= 0.3 is 12.0 Å². The molecule has 122 valence electrons. The second-order valence-corrected chi connectivity index (χ2v) is 6.15. The number of nitrogens with zero attached hydrogens (tertiary/aromatic N) is 2. The molecular weight excluding hydrogens is 270 g/mol. The molecule has 1 aliphatic heterocycles. The van der Waals surface area contributed by atoms with E-state index in [1.807, 2.05) is 0 Å². The highest BCUT2D eigenvalue weighted by Crippen LogP contribution is 2.19. The Balaban J connectivity index is 2.55.